The third-order valence-corrected chi connectivity index (χ3v) is 4.72. The van der Waals surface area contributed by atoms with Gasteiger partial charge in [0.15, 0.2) is 0 Å². The number of nitrogens with zero attached hydrogens (tertiary/aromatic N) is 5. The summed E-state index contributed by atoms with van der Waals surface area (Å²) in [5.74, 6) is 3.95. The molecule has 7 heteroatoms. The summed E-state index contributed by atoms with van der Waals surface area (Å²) in [4.78, 5) is 11.8. The summed E-state index contributed by atoms with van der Waals surface area (Å²) in [6, 6.07) is 2.24. The molecule has 1 unspecified atom stereocenters. The first-order valence-electron chi connectivity index (χ1n) is 7.01. The van der Waals surface area contributed by atoms with Crippen molar-refractivity contribution in [1.29, 1.82) is 0 Å². The van der Waals surface area contributed by atoms with Crippen molar-refractivity contribution in [2.45, 2.75) is 6.04 Å². The van der Waals surface area contributed by atoms with Gasteiger partial charge in [0, 0.05) is 50.0 Å². The Morgan fingerprint density at radius 2 is 2.19 bits per heavy atom. The maximum absolute atomic E-state index is 4.78. The van der Waals surface area contributed by atoms with Crippen LogP contribution in [0.4, 0.5) is 5.82 Å². The van der Waals surface area contributed by atoms with Crippen LogP contribution in [0.3, 0.4) is 0 Å². The van der Waals surface area contributed by atoms with E-state index in [0.29, 0.717) is 0 Å². The molecule has 0 spiro atoms. The molecule has 2 aromatic heterocycles. The van der Waals surface area contributed by atoms with Gasteiger partial charge in [-0.2, -0.15) is 16.9 Å². The Hall–Kier alpha value is -1.60. The third-order valence-electron chi connectivity index (χ3n) is 3.69. The van der Waals surface area contributed by atoms with E-state index >= 15 is 0 Å². The van der Waals surface area contributed by atoms with Gasteiger partial charge in [0.2, 0.25) is 0 Å². The molecule has 3 heterocycles. The Labute approximate surface area is 129 Å². The highest BCUT2D eigenvalue weighted by Gasteiger charge is 2.24. The molecule has 0 saturated carbocycles. The van der Waals surface area contributed by atoms with E-state index in [0.717, 1.165) is 35.2 Å². The number of aromatic nitrogens is 4. The van der Waals surface area contributed by atoms with Crippen molar-refractivity contribution >= 4 is 17.6 Å². The second kappa shape index (κ2) is 6.03. The number of thioether (sulfide) groups is 1. The minimum Gasteiger partial charge on any atom is -0.373 e. The number of hydrogen-bond donors (Lipinski definition) is 1. The summed E-state index contributed by atoms with van der Waals surface area (Å²) in [5, 5.41) is 7.36. The lowest BCUT2D eigenvalue weighted by Gasteiger charge is -2.31. The molecule has 1 aliphatic heterocycles. The highest BCUT2D eigenvalue weighted by Crippen LogP contribution is 2.28. The van der Waals surface area contributed by atoms with Crippen LogP contribution in [0.15, 0.2) is 18.5 Å². The van der Waals surface area contributed by atoms with Crippen molar-refractivity contribution in [3.05, 3.63) is 24.3 Å². The number of hydrogen-bond acceptors (Lipinski definition) is 6. The first-order chi connectivity index (χ1) is 10.2. The molecule has 21 heavy (non-hydrogen) atoms. The zero-order valence-corrected chi connectivity index (χ0v) is 13.4. The fourth-order valence-corrected chi connectivity index (χ4v) is 3.61. The van der Waals surface area contributed by atoms with Crippen LogP contribution in [-0.4, -0.2) is 56.8 Å². The van der Waals surface area contributed by atoms with Crippen LogP contribution in [0.1, 0.15) is 11.9 Å². The zero-order chi connectivity index (χ0) is 14.8. The highest BCUT2D eigenvalue weighted by atomic mass is 32.2. The van der Waals surface area contributed by atoms with E-state index in [4.69, 9.17) is 4.98 Å². The molecule has 0 bridgehead atoms. The maximum atomic E-state index is 4.78. The lowest BCUT2D eigenvalue weighted by molar-refractivity contribution is 0.265. The van der Waals surface area contributed by atoms with Gasteiger partial charge in [-0.25, -0.2) is 9.97 Å². The van der Waals surface area contributed by atoms with Crippen LogP contribution >= 0.6 is 11.8 Å². The molecule has 1 N–H and O–H groups in total. The van der Waals surface area contributed by atoms with E-state index in [1.54, 1.807) is 4.68 Å². The van der Waals surface area contributed by atoms with E-state index in [-0.39, 0.29) is 6.04 Å². The Morgan fingerprint density at radius 1 is 1.33 bits per heavy atom. The van der Waals surface area contributed by atoms with Crippen LogP contribution in [0.25, 0.3) is 11.3 Å². The molecule has 112 valence electrons. The van der Waals surface area contributed by atoms with Gasteiger partial charge in [0.05, 0.1) is 17.9 Å². The summed E-state index contributed by atoms with van der Waals surface area (Å²) in [6.45, 7) is 1.07. The molecule has 1 fully saturated rings. The van der Waals surface area contributed by atoms with Crippen molar-refractivity contribution in [2.75, 3.05) is 37.5 Å². The number of anilines is 1. The normalized spacial score (nSPS) is 19.7. The van der Waals surface area contributed by atoms with E-state index in [1.165, 1.54) is 5.75 Å². The molecular formula is C14H20N6S. The fraction of sp³-hybridized carbons (Fsp3) is 0.500. The summed E-state index contributed by atoms with van der Waals surface area (Å²) >= 11 is 1.96. The predicted molar refractivity (Wildman–Crippen MR) is 86.5 cm³/mol. The lowest BCUT2D eigenvalue weighted by atomic mass is 10.2. The molecule has 0 aliphatic carbocycles. The fourth-order valence-electron chi connectivity index (χ4n) is 2.40. The van der Waals surface area contributed by atoms with Gasteiger partial charge in [-0.05, 0) is 7.05 Å². The minimum absolute atomic E-state index is 0.271. The minimum atomic E-state index is 0.271. The van der Waals surface area contributed by atoms with Gasteiger partial charge in [0.25, 0.3) is 0 Å². The number of aryl methyl sites for hydroxylation is 1. The molecule has 6 nitrogen and oxygen atoms in total. The average molecular weight is 304 g/mol. The quantitative estimate of drug-likeness (QED) is 0.930. The summed E-state index contributed by atoms with van der Waals surface area (Å²) in [7, 11) is 5.94. The predicted octanol–water partition coefficient (Wildman–Crippen LogP) is 1.64. The molecule has 2 aromatic rings. The van der Waals surface area contributed by atoms with Crippen molar-refractivity contribution < 1.29 is 0 Å². The molecule has 3 rings (SSSR count). The lowest BCUT2D eigenvalue weighted by Crippen LogP contribution is -2.34. The van der Waals surface area contributed by atoms with Crippen LogP contribution < -0.4 is 5.32 Å². The zero-order valence-electron chi connectivity index (χ0n) is 12.6. The summed E-state index contributed by atoms with van der Waals surface area (Å²) < 4.78 is 1.79. The first kappa shape index (κ1) is 14.3. The van der Waals surface area contributed by atoms with E-state index in [1.807, 2.05) is 44.3 Å². The van der Waals surface area contributed by atoms with Gasteiger partial charge >= 0.3 is 0 Å². The molecule has 1 atom stereocenters. The van der Waals surface area contributed by atoms with Crippen molar-refractivity contribution in [3.8, 4) is 11.3 Å². The molecule has 0 radical (unpaired) electrons. The molecule has 1 saturated heterocycles. The average Bonchev–Trinajstić information content (AvgIpc) is 2.94. The Morgan fingerprint density at radius 3 is 2.86 bits per heavy atom. The van der Waals surface area contributed by atoms with Crippen LogP contribution in [0.5, 0.6) is 0 Å². The second-order valence-corrected chi connectivity index (χ2v) is 6.37. The Kier molecular flexibility index (Phi) is 4.12. The number of nitrogens with one attached hydrogen (secondary N) is 1. The third kappa shape index (κ3) is 3.03. The van der Waals surface area contributed by atoms with Crippen LogP contribution in [0.2, 0.25) is 0 Å². The first-order valence-corrected chi connectivity index (χ1v) is 8.16. The molecule has 0 aromatic carbocycles. The topological polar surface area (TPSA) is 58.9 Å². The maximum Gasteiger partial charge on any atom is 0.149 e. The summed E-state index contributed by atoms with van der Waals surface area (Å²) in [6.07, 6.45) is 3.82. The van der Waals surface area contributed by atoms with Crippen molar-refractivity contribution in [1.82, 2.24) is 24.6 Å². The SMILES string of the molecule is CNc1cc(-c2cnn(C)c2)nc(C2CSCCN2C)n1. The second-order valence-electron chi connectivity index (χ2n) is 5.22. The van der Waals surface area contributed by atoms with Gasteiger partial charge in [-0.3, -0.25) is 9.58 Å². The smallest absolute Gasteiger partial charge is 0.149 e. The van der Waals surface area contributed by atoms with Gasteiger partial charge in [0.1, 0.15) is 11.6 Å². The number of rotatable bonds is 3. The molecule has 0 amide bonds. The van der Waals surface area contributed by atoms with Crippen LogP contribution in [-0.2, 0) is 7.05 Å². The van der Waals surface area contributed by atoms with Crippen LogP contribution in [0, 0.1) is 0 Å². The highest BCUT2D eigenvalue weighted by molar-refractivity contribution is 7.99. The Bertz CT molecular complexity index is 626. The Balaban J connectivity index is 2.00. The van der Waals surface area contributed by atoms with Gasteiger partial charge in [-0.1, -0.05) is 0 Å². The van der Waals surface area contributed by atoms with Crippen molar-refractivity contribution in [2.24, 2.45) is 7.05 Å². The largest absolute Gasteiger partial charge is 0.373 e. The van der Waals surface area contributed by atoms with Gasteiger partial charge in [-0.15, -0.1) is 0 Å². The molecular weight excluding hydrogens is 284 g/mol. The van der Waals surface area contributed by atoms with Crippen molar-refractivity contribution in [3.63, 3.8) is 0 Å². The summed E-state index contributed by atoms with van der Waals surface area (Å²) in [5.41, 5.74) is 1.94. The van der Waals surface area contributed by atoms with E-state index in [2.05, 4.69) is 27.3 Å². The monoisotopic (exact) mass is 304 g/mol. The molecule has 1 aliphatic rings. The standard InChI is InChI=1S/C14H20N6S/c1-15-13-6-11(10-7-16-20(3)8-10)17-14(18-13)12-9-21-5-4-19(12)2/h6-8,12H,4-5,9H2,1-3H3,(H,15,17,18). The van der Waals surface area contributed by atoms with E-state index in [9.17, 15) is 0 Å². The van der Waals surface area contributed by atoms with Gasteiger partial charge < -0.3 is 5.32 Å². The van der Waals surface area contributed by atoms with E-state index < -0.39 is 0 Å².